The summed E-state index contributed by atoms with van der Waals surface area (Å²) in [5.74, 6) is -2.56. The van der Waals surface area contributed by atoms with Gasteiger partial charge in [-0.25, -0.2) is 13.8 Å². The van der Waals surface area contributed by atoms with Gasteiger partial charge in [0.1, 0.15) is 18.0 Å². The first kappa shape index (κ1) is 22.8. The van der Waals surface area contributed by atoms with Gasteiger partial charge in [-0.1, -0.05) is 48.6 Å². The summed E-state index contributed by atoms with van der Waals surface area (Å²) in [4.78, 5) is 19.8. The lowest BCUT2D eigenvalue weighted by Crippen LogP contribution is -2.32. The number of nitrogens with zero attached hydrogens (tertiary/aromatic N) is 3. The first-order valence-electron chi connectivity index (χ1n) is 11.5. The summed E-state index contributed by atoms with van der Waals surface area (Å²) in [5.41, 5.74) is 3.54. The molecule has 1 amide bonds. The molecule has 4 aromatic rings. The predicted molar refractivity (Wildman–Crippen MR) is 131 cm³/mol. The third-order valence-corrected chi connectivity index (χ3v) is 6.13. The molecule has 35 heavy (non-hydrogen) atoms. The van der Waals surface area contributed by atoms with Crippen molar-refractivity contribution in [1.82, 2.24) is 14.3 Å². The number of hydrogen-bond acceptors (Lipinski definition) is 3. The van der Waals surface area contributed by atoms with Crippen molar-refractivity contribution in [2.75, 3.05) is 13.2 Å². The molecule has 0 aliphatic carbocycles. The molecule has 5 rings (SSSR count). The first-order valence-corrected chi connectivity index (χ1v) is 11.5. The maximum absolute atomic E-state index is 14.4. The molecule has 0 saturated carbocycles. The summed E-state index contributed by atoms with van der Waals surface area (Å²) in [6, 6.07) is 17.4. The SMILES string of the molecule is CC=CCC(F)(F)c1ccc(-c2ccc3c(c2)C(=O)N(Cc2cn4ccccc4n2)CCO3)cc1. The summed E-state index contributed by atoms with van der Waals surface area (Å²) in [6.07, 6.45) is 6.58. The van der Waals surface area contributed by atoms with E-state index in [1.807, 2.05) is 41.1 Å². The standard InChI is InChI=1S/C28H25F2N3O2/c1-2-3-13-28(29,30)22-10-7-20(8-11-22)21-9-12-25-24(17-21)27(34)33(15-16-35-25)19-23-18-32-14-5-4-6-26(32)31-23/h2-12,14,17-18H,13,15-16,19H2,1H3. The van der Waals surface area contributed by atoms with Gasteiger partial charge in [0, 0.05) is 24.4 Å². The van der Waals surface area contributed by atoms with Crippen LogP contribution >= 0.6 is 0 Å². The highest BCUT2D eigenvalue weighted by molar-refractivity contribution is 5.98. The number of allylic oxidation sites excluding steroid dienone is 2. The number of hydrogen-bond donors (Lipinski definition) is 0. The topological polar surface area (TPSA) is 46.8 Å². The number of pyridine rings is 1. The Morgan fingerprint density at radius 3 is 2.66 bits per heavy atom. The number of rotatable bonds is 6. The van der Waals surface area contributed by atoms with E-state index in [9.17, 15) is 13.6 Å². The van der Waals surface area contributed by atoms with Crippen LogP contribution in [0, 0.1) is 0 Å². The van der Waals surface area contributed by atoms with Gasteiger partial charge in [-0.3, -0.25) is 4.79 Å². The van der Waals surface area contributed by atoms with Crippen LogP contribution < -0.4 is 4.74 Å². The number of imidazole rings is 1. The Hall–Kier alpha value is -4.00. The second kappa shape index (κ2) is 9.33. The van der Waals surface area contributed by atoms with E-state index in [2.05, 4.69) is 4.98 Å². The summed E-state index contributed by atoms with van der Waals surface area (Å²) < 4.78 is 36.5. The second-order valence-corrected chi connectivity index (χ2v) is 8.54. The lowest BCUT2D eigenvalue weighted by Gasteiger charge is -2.19. The van der Waals surface area contributed by atoms with Crippen LogP contribution in [0.5, 0.6) is 5.75 Å². The van der Waals surface area contributed by atoms with Gasteiger partial charge in [0.2, 0.25) is 0 Å². The van der Waals surface area contributed by atoms with Crippen molar-refractivity contribution in [3.05, 3.63) is 102 Å². The van der Waals surface area contributed by atoms with E-state index >= 15 is 0 Å². The van der Waals surface area contributed by atoms with Gasteiger partial charge >= 0.3 is 0 Å². The molecule has 0 unspecified atom stereocenters. The zero-order valence-electron chi connectivity index (χ0n) is 19.3. The minimum absolute atomic E-state index is 0.0350. The van der Waals surface area contributed by atoms with E-state index in [0.717, 1.165) is 22.5 Å². The van der Waals surface area contributed by atoms with Crippen molar-refractivity contribution >= 4 is 11.6 Å². The normalized spacial score (nSPS) is 14.3. The van der Waals surface area contributed by atoms with Crippen molar-refractivity contribution < 1.29 is 18.3 Å². The molecule has 0 fully saturated rings. The van der Waals surface area contributed by atoms with E-state index in [1.54, 1.807) is 42.2 Å². The number of ether oxygens (including phenoxy) is 1. The Morgan fingerprint density at radius 1 is 1.09 bits per heavy atom. The van der Waals surface area contributed by atoms with Crippen molar-refractivity contribution in [2.24, 2.45) is 0 Å². The largest absolute Gasteiger partial charge is 0.491 e. The maximum Gasteiger partial charge on any atom is 0.276 e. The number of amides is 1. The molecule has 0 N–H and O–H groups in total. The first-order chi connectivity index (χ1) is 16.9. The van der Waals surface area contributed by atoms with Crippen molar-refractivity contribution in [3.63, 3.8) is 0 Å². The average Bonchev–Trinajstić information content (AvgIpc) is 3.22. The number of alkyl halides is 2. The minimum atomic E-state index is -2.93. The minimum Gasteiger partial charge on any atom is -0.491 e. The van der Waals surface area contributed by atoms with Gasteiger partial charge < -0.3 is 14.0 Å². The number of carbonyl (C=O) groups is 1. The van der Waals surface area contributed by atoms with Crippen LogP contribution in [-0.2, 0) is 12.5 Å². The summed E-state index contributed by atoms with van der Waals surface area (Å²) >= 11 is 0. The van der Waals surface area contributed by atoms with Crippen molar-refractivity contribution in [1.29, 1.82) is 0 Å². The third kappa shape index (κ3) is 4.67. The van der Waals surface area contributed by atoms with Gasteiger partial charge in [0.25, 0.3) is 11.8 Å². The van der Waals surface area contributed by atoms with E-state index < -0.39 is 5.92 Å². The van der Waals surface area contributed by atoms with Gasteiger partial charge in [0.15, 0.2) is 0 Å². The molecular weight excluding hydrogens is 448 g/mol. The Bertz CT molecular complexity index is 1360. The fourth-order valence-electron chi connectivity index (χ4n) is 4.24. The average molecular weight is 474 g/mol. The van der Waals surface area contributed by atoms with Crippen LogP contribution in [0.25, 0.3) is 16.8 Å². The Kier molecular flexibility index (Phi) is 6.07. The molecule has 0 spiro atoms. The van der Waals surface area contributed by atoms with Crippen molar-refractivity contribution in [3.8, 4) is 16.9 Å². The molecule has 178 valence electrons. The van der Waals surface area contributed by atoms with Crippen LogP contribution in [0.2, 0.25) is 0 Å². The van der Waals surface area contributed by atoms with Gasteiger partial charge in [-0.2, -0.15) is 0 Å². The predicted octanol–water partition coefficient (Wildman–Crippen LogP) is 6.09. The maximum atomic E-state index is 14.4. The van der Waals surface area contributed by atoms with Gasteiger partial charge in [-0.15, -0.1) is 0 Å². The number of carbonyl (C=O) groups excluding carboxylic acids is 1. The van der Waals surface area contributed by atoms with Crippen LogP contribution in [0.3, 0.4) is 0 Å². The smallest absolute Gasteiger partial charge is 0.276 e. The molecule has 3 heterocycles. The van der Waals surface area contributed by atoms with Gasteiger partial charge in [0.05, 0.1) is 24.3 Å². The van der Waals surface area contributed by atoms with Gasteiger partial charge in [-0.05, 0) is 42.3 Å². The monoisotopic (exact) mass is 473 g/mol. The Morgan fingerprint density at radius 2 is 1.89 bits per heavy atom. The third-order valence-electron chi connectivity index (χ3n) is 6.13. The zero-order chi connectivity index (χ0) is 24.4. The fraction of sp³-hybridized carbons (Fsp3) is 0.214. The fourth-order valence-corrected chi connectivity index (χ4v) is 4.24. The van der Waals surface area contributed by atoms with Crippen LogP contribution in [0.1, 0.15) is 35.0 Å². The summed E-state index contributed by atoms with van der Waals surface area (Å²) in [5, 5.41) is 0. The summed E-state index contributed by atoms with van der Waals surface area (Å²) in [6.45, 7) is 2.90. The lowest BCUT2D eigenvalue weighted by molar-refractivity contribution is -0.000960. The number of halogens is 2. The summed E-state index contributed by atoms with van der Waals surface area (Å²) in [7, 11) is 0. The molecular formula is C28H25F2N3O2. The van der Waals surface area contributed by atoms with Crippen LogP contribution in [0.15, 0.2) is 85.2 Å². The molecule has 7 heteroatoms. The molecule has 0 radical (unpaired) electrons. The Labute approximate surface area is 202 Å². The molecule has 0 bridgehead atoms. The van der Waals surface area contributed by atoms with E-state index in [1.165, 1.54) is 18.2 Å². The van der Waals surface area contributed by atoms with E-state index in [-0.39, 0.29) is 17.9 Å². The second-order valence-electron chi connectivity index (χ2n) is 8.54. The van der Waals surface area contributed by atoms with E-state index in [0.29, 0.717) is 31.0 Å². The zero-order valence-corrected chi connectivity index (χ0v) is 19.3. The van der Waals surface area contributed by atoms with E-state index in [4.69, 9.17) is 4.74 Å². The molecule has 1 aliphatic rings. The highest BCUT2D eigenvalue weighted by atomic mass is 19.3. The Balaban J connectivity index is 1.40. The van der Waals surface area contributed by atoms with Crippen molar-refractivity contribution in [2.45, 2.75) is 25.8 Å². The molecule has 0 saturated heterocycles. The number of aromatic nitrogens is 2. The van der Waals surface area contributed by atoms with Crippen LogP contribution in [0.4, 0.5) is 8.78 Å². The molecule has 0 atom stereocenters. The molecule has 5 nitrogen and oxygen atoms in total. The number of fused-ring (bicyclic) bond motifs is 2. The molecule has 2 aromatic heterocycles. The highest BCUT2D eigenvalue weighted by Crippen LogP contribution is 2.35. The quantitative estimate of drug-likeness (QED) is 0.318. The highest BCUT2D eigenvalue weighted by Gasteiger charge is 2.30. The lowest BCUT2D eigenvalue weighted by atomic mass is 9.98. The number of benzene rings is 2. The molecule has 1 aliphatic heterocycles. The molecule has 2 aromatic carbocycles. The van der Waals surface area contributed by atoms with Crippen LogP contribution in [-0.4, -0.2) is 33.3 Å².